The minimum atomic E-state index is -4.46. The van der Waals surface area contributed by atoms with Gasteiger partial charge in [0.2, 0.25) is 0 Å². The van der Waals surface area contributed by atoms with Crippen LogP contribution in [0.15, 0.2) is 41.1 Å². The van der Waals surface area contributed by atoms with Gasteiger partial charge in [0.05, 0.1) is 24.0 Å². The van der Waals surface area contributed by atoms with Crippen molar-refractivity contribution in [3.05, 3.63) is 52.3 Å². The van der Waals surface area contributed by atoms with Crippen LogP contribution in [0, 0.1) is 6.92 Å². The van der Waals surface area contributed by atoms with E-state index in [0.717, 1.165) is 28.9 Å². The van der Waals surface area contributed by atoms with Gasteiger partial charge in [-0.05, 0) is 80.2 Å². The molecule has 0 aliphatic heterocycles. The van der Waals surface area contributed by atoms with Gasteiger partial charge in [0.25, 0.3) is 5.91 Å². The Bertz CT molecular complexity index is 1340. The molecule has 0 saturated heterocycles. The van der Waals surface area contributed by atoms with Crippen LogP contribution in [0.25, 0.3) is 16.9 Å². The van der Waals surface area contributed by atoms with Crippen LogP contribution in [0.4, 0.5) is 23.7 Å². The third kappa shape index (κ3) is 6.63. The van der Waals surface area contributed by atoms with Crippen LogP contribution in [-0.4, -0.2) is 45.7 Å². The molecule has 1 aliphatic rings. The summed E-state index contributed by atoms with van der Waals surface area (Å²) in [5, 5.41) is 2.98. The van der Waals surface area contributed by atoms with Gasteiger partial charge in [-0.15, -0.1) is 0 Å². The molecule has 3 aromatic rings. The lowest BCUT2D eigenvalue weighted by molar-refractivity contribution is -0.132. The van der Waals surface area contributed by atoms with Gasteiger partial charge in [0.15, 0.2) is 5.65 Å². The van der Waals surface area contributed by atoms with Crippen LogP contribution in [-0.2, 0) is 4.74 Å². The number of ether oxygens (including phenoxy) is 1. The summed E-state index contributed by atoms with van der Waals surface area (Å²) >= 11 is 3.42. The molecule has 1 fully saturated rings. The third-order valence-electron chi connectivity index (χ3n) is 5.76. The Kier molecular flexibility index (Phi) is 7.29. The van der Waals surface area contributed by atoms with Crippen LogP contribution in [0.1, 0.15) is 56.0 Å². The number of benzene rings is 1. The maximum absolute atomic E-state index is 13.1. The molecule has 4 rings (SSSR count). The SMILES string of the molecule is Cc1cc(-c2cnc3c(N(CCC(F)(F)F)C(=O)OC(C)(C)C)cc(Br)cn23)ccc1C(=O)NC1CC1. The fraction of sp³-hybridized carbons (Fsp3) is 0.423. The standard InChI is InChI=1S/C26H28BrF3N4O3/c1-15-11-16(5-8-19(15)23(35)32-18-6-7-18)21-13-31-22-20(12-17(27)14-34(21)22)33(10-9-26(28,29)30)24(36)37-25(2,3)4/h5,8,11-14,18H,6-7,9-10H2,1-4H3,(H,32,35). The highest BCUT2D eigenvalue weighted by Gasteiger charge is 2.33. The Hall–Kier alpha value is -3.08. The number of amides is 2. The minimum Gasteiger partial charge on any atom is -0.443 e. The minimum absolute atomic E-state index is 0.118. The topological polar surface area (TPSA) is 75.9 Å². The highest BCUT2D eigenvalue weighted by atomic mass is 79.9. The molecule has 0 radical (unpaired) electrons. The molecule has 0 spiro atoms. The van der Waals surface area contributed by atoms with E-state index in [-0.39, 0.29) is 17.6 Å². The van der Waals surface area contributed by atoms with E-state index in [4.69, 9.17) is 4.74 Å². The summed E-state index contributed by atoms with van der Waals surface area (Å²) in [6.07, 6.45) is -1.28. The van der Waals surface area contributed by atoms with E-state index in [1.54, 1.807) is 55.8 Å². The van der Waals surface area contributed by atoms with Crippen molar-refractivity contribution in [3.63, 3.8) is 0 Å². The third-order valence-corrected chi connectivity index (χ3v) is 6.19. The number of nitrogens with one attached hydrogen (secondary N) is 1. The van der Waals surface area contributed by atoms with Crippen LogP contribution < -0.4 is 10.2 Å². The molecule has 7 nitrogen and oxygen atoms in total. The summed E-state index contributed by atoms with van der Waals surface area (Å²) in [6, 6.07) is 7.20. The molecule has 1 N–H and O–H groups in total. The predicted octanol–water partition coefficient (Wildman–Crippen LogP) is 6.66. The average molecular weight is 581 g/mol. The Morgan fingerprint density at radius 3 is 2.51 bits per heavy atom. The monoisotopic (exact) mass is 580 g/mol. The number of halogens is 4. The molecule has 0 bridgehead atoms. The largest absolute Gasteiger partial charge is 0.443 e. The van der Waals surface area contributed by atoms with Crippen molar-refractivity contribution in [2.45, 2.75) is 64.8 Å². The number of pyridine rings is 1. The zero-order valence-electron chi connectivity index (χ0n) is 20.9. The Labute approximate surface area is 221 Å². The number of fused-ring (bicyclic) bond motifs is 1. The lowest BCUT2D eigenvalue weighted by Gasteiger charge is -2.28. The molecule has 11 heteroatoms. The summed E-state index contributed by atoms with van der Waals surface area (Å²) in [5.41, 5.74) is 2.33. The Balaban J connectivity index is 1.74. The zero-order valence-corrected chi connectivity index (χ0v) is 22.5. The van der Waals surface area contributed by atoms with Gasteiger partial charge < -0.3 is 10.1 Å². The number of carbonyl (C=O) groups is 2. The van der Waals surface area contributed by atoms with Crippen molar-refractivity contribution >= 4 is 39.3 Å². The predicted molar refractivity (Wildman–Crippen MR) is 138 cm³/mol. The second-order valence-electron chi connectivity index (χ2n) is 10.2. The van der Waals surface area contributed by atoms with Crippen LogP contribution in [0.2, 0.25) is 0 Å². The van der Waals surface area contributed by atoms with Crippen molar-refractivity contribution in [2.24, 2.45) is 0 Å². The van der Waals surface area contributed by atoms with Gasteiger partial charge in [-0.3, -0.25) is 14.1 Å². The van der Waals surface area contributed by atoms with E-state index in [1.165, 1.54) is 0 Å². The fourth-order valence-corrected chi connectivity index (χ4v) is 4.30. The van der Waals surface area contributed by atoms with Gasteiger partial charge in [-0.1, -0.05) is 6.07 Å². The molecule has 37 heavy (non-hydrogen) atoms. The van der Waals surface area contributed by atoms with E-state index in [1.807, 2.05) is 13.0 Å². The first-order chi connectivity index (χ1) is 17.2. The molecule has 1 aliphatic carbocycles. The number of imidazole rings is 1. The lowest BCUT2D eigenvalue weighted by Crippen LogP contribution is -2.39. The highest BCUT2D eigenvalue weighted by Crippen LogP contribution is 2.33. The number of alkyl halides is 3. The van der Waals surface area contributed by atoms with E-state index >= 15 is 0 Å². The van der Waals surface area contributed by atoms with Crippen molar-refractivity contribution in [1.82, 2.24) is 14.7 Å². The zero-order chi connectivity index (χ0) is 27.1. The van der Waals surface area contributed by atoms with Crippen LogP contribution >= 0.6 is 15.9 Å². The van der Waals surface area contributed by atoms with E-state index < -0.39 is 30.8 Å². The number of nitrogens with zero attached hydrogens (tertiary/aromatic N) is 3. The van der Waals surface area contributed by atoms with Crippen LogP contribution in [0.5, 0.6) is 0 Å². The first kappa shape index (κ1) is 27.0. The number of anilines is 1. The highest BCUT2D eigenvalue weighted by molar-refractivity contribution is 9.10. The number of hydrogen-bond acceptors (Lipinski definition) is 4. The Morgan fingerprint density at radius 2 is 1.92 bits per heavy atom. The quantitative estimate of drug-likeness (QED) is 0.354. The van der Waals surface area contributed by atoms with E-state index in [2.05, 4.69) is 26.2 Å². The normalized spacial score (nSPS) is 14.1. The Morgan fingerprint density at radius 1 is 1.22 bits per heavy atom. The molecule has 2 heterocycles. The molecule has 2 aromatic heterocycles. The van der Waals surface area contributed by atoms with Crippen molar-refractivity contribution < 1.29 is 27.5 Å². The van der Waals surface area contributed by atoms with E-state index in [0.29, 0.717) is 21.4 Å². The molecule has 1 saturated carbocycles. The molecule has 198 valence electrons. The number of carbonyl (C=O) groups excluding carboxylic acids is 2. The second kappa shape index (κ2) is 10.00. The van der Waals surface area contributed by atoms with Gasteiger partial charge in [0.1, 0.15) is 5.60 Å². The maximum atomic E-state index is 13.1. The number of aromatic nitrogens is 2. The first-order valence-electron chi connectivity index (χ1n) is 11.9. The van der Waals surface area contributed by atoms with Crippen LogP contribution in [0.3, 0.4) is 0 Å². The fourth-order valence-electron chi connectivity index (χ4n) is 3.88. The van der Waals surface area contributed by atoms with Gasteiger partial charge >= 0.3 is 12.3 Å². The lowest BCUT2D eigenvalue weighted by atomic mass is 10.0. The summed E-state index contributed by atoms with van der Waals surface area (Å²) in [7, 11) is 0. The molecule has 0 unspecified atom stereocenters. The maximum Gasteiger partial charge on any atom is 0.414 e. The molecular weight excluding hydrogens is 553 g/mol. The van der Waals surface area contributed by atoms with Gasteiger partial charge in [-0.25, -0.2) is 9.78 Å². The smallest absolute Gasteiger partial charge is 0.414 e. The average Bonchev–Trinajstić information content (AvgIpc) is 3.47. The first-order valence-corrected chi connectivity index (χ1v) is 12.7. The van der Waals surface area contributed by atoms with Crippen molar-refractivity contribution in [1.29, 1.82) is 0 Å². The summed E-state index contributed by atoms with van der Waals surface area (Å²) in [4.78, 5) is 30.9. The van der Waals surface area contributed by atoms with Gasteiger partial charge in [-0.2, -0.15) is 13.2 Å². The summed E-state index contributed by atoms with van der Waals surface area (Å²) < 4.78 is 47.0. The summed E-state index contributed by atoms with van der Waals surface area (Å²) in [5.74, 6) is -0.118. The van der Waals surface area contributed by atoms with Crippen molar-refractivity contribution in [3.8, 4) is 11.3 Å². The van der Waals surface area contributed by atoms with Crippen molar-refractivity contribution in [2.75, 3.05) is 11.4 Å². The molecule has 2 amide bonds. The number of hydrogen-bond donors (Lipinski definition) is 1. The van der Waals surface area contributed by atoms with E-state index in [9.17, 15) is 22.8 Å². The molecular formula is C26H28BrF3N4O3. The summed E-state index contributed by atoms with van der Waals surface area (Å²) in [6.45, 7) is 6.16. The molecule has 0 atom stereocenters. The molecule has 1 aromatic carbocycles. The second-order valence-corrected chi connectivity index (χ2v) is 11.1. The number of aryl methyl sites for hydroxylation is 1. The number of rotatable bonds is 6. The van der Waals surface area contributed by atoms with Gasteiger partial charge in [0, 0.05) is 34.4 Å².